The molecule has 1 aromatic heterocycles. The standard InChI is InChI=1S/C16H19BrN2O/c17-13-9-18-2-1-14(13)19-15(20)16-6-10-3-11(7-16)5-12(4-10)8-16/h1-2,9-12H,3-8H2,(H,18,19,20). The van der Waals surface area contributed by atoms with Crippen LogP contribution in [0.1, 0.15) is 38.5 Å². The van der Waals surface area contributed by atoms with E-state index < -0.39 is 0 Å². The molecule has 0 aliphatic heterocycles. The number of hydrogen-bond acceptors (Lipinski definition) is 2. The molecule has 5 rings (SSSR count). The fourth-order valence-corrected chi connectivity index (χ4v) is 5.47. The quantitative estimate of drug-likeness (QED) is 0.888. The van der Waals surface area contributed by atoms with Crippen LogP contribution in [-0.2, 0) is 4.79 Å². The van der Waals surface area contributed by atoms with E-state index in [1.54, 1.807) is 12.4 Å². The van der Waals surface area contributed by atoms with E-state index in [0.717, 1.165) is 47.2 Å². The topological polar surface area (TPSA) is 42.0 Å². The lowest BCUT2D eigenvalue weighted by Crippen LogP contribution is -2.51. The second-order valence-electron chi connectivity index (χ2n) is 7.01. The Kier molecular flexibility index (Phi) is 2.92. The highest BCUT2D eigenvalue weighted by atomic mass is 79.9. The number of nitrogens with zero attached hydrogens (tertiary/aromatic N) is 1. The molecule has 1 aromatic rings. The van der Waals surface area contributed by atoms with Crippen molar-refractivity contribution in [1.29, 1.82) is 0 Å². The molecule has 1 N–H and O–H groups in total. The van der Waals surface area contributed by atoms with Crippen molar-refractivity contribution in [2.45, 2.75) is 38.5 Å². The fourth-order valence-electron chi connectivity index (χ4n) is 5.12. The van der Waals surface area contributed by atoms with Crippen LogP contribution >= 0.6 is 15.9 Å². The lowest BCUT2D eigenvalue weighted by molar-refractivity contribution is -0.140. The Morgan fingerprint density at radius 1 is 1.20 bits per heavy atom. The van der Waals surface area contributed by atoms with Gasteiger partial charge in [-0.25, -0.2) is 0 Å². The Balaban J connectivity index is 1.58. The predicted octanol–water partition coefficient (Wildman–Crippen LogP) is 4.00. The number of carbonyl (C=O) groups is 1. The van der Waals surface area contributed by atoms with Crippen molar-refractivity contribution in [1.82, 2.24) is 4.98 Å². The molecule has 4 heteroatoms. The van der Waals surface area contributed by atoms with Crippen LogP contribution in [0, 0.1) is 23.2 Å². The highest BCUT2D eigenvalue weighted by molar-refractivity contribution is 9.10. The van der Waals surface area contributed by atoms with E-state index in [2.05, 4.69) is 26.2 Å². The zero-order chi connectivity index (χ0) is 13.7. The van der Waals surface area contributed by atoms with E-state index in [9.17, 15) is 4.79 Å². The fraction of sp³-hybridized carbons (Fsp3) is 0.625. The smallest absolute Gasteiger partial charge is 0.230 e. The first-order valence-electron chi connectivity index (χ1n) is 7.56. The van der Waals surface area contributed by atoms with Crippen LogP contribution in [0.25, 0.3) is 0 Å². The Labute approximate surface area is 127 Å². The first-order chi connectivity index (χ1) is 9.64. The molecule has 0 unspecified atom stereocenters. The summed E-state index contributed by atoms with van der Waals surface area (Å²) in [5.74, 6) is 2.64. The van der Waals surface area contributed by atoms with Crippen molar-refractivity contribution in [2.24, 2.45) is 23.2 Å². The minimum Gasteiger partial charge on any atom is -0.324 e. The second-order valence-corrected chi connectivity index (χ2v) is 7.86. The maximum Gasteiger partial charge on any atom is 0.230 e. The van der Waals surface area contributed by atoms with Crippen LogP contribution in [0.4, 0.5) is 5.69 Å². The van der Waals surface area contributed by atoms with Crippen molar-refractivity contribution in [2.75, 3.05) is 5.32 Å². The number of halogens is 1. The van der Waals surface area contributed by atoms with E-state index in [1.807, 2.05) is 6.07 Å². The first-order valence-corrected chi connectivity index (χ1v) is 8.35. The number of nitrogens with one attached hydrogen (secondary N) is 1. The van der Waals surface area contributed by atoms with Gasteiger partial charge in [-0.3, -0.25) is 9.78 Å². The lowest BCUT2D eigenvalue weighted by Gasteiger charge is -2.55. The molecule has 1 heterocycles. The highest BCUT2D eigenvalue weighted by Crippen LogP contribution is 2.60. The van der Waals surface area contributed by atoms with E-state index in [0.29, 0.717) is 0 Å². The predicted molar refractivity (Wildman–Crippen MR) is 81.2 cm³/mol. The van der Waals surface area contributed by atoms with Crippen LogP contribution in [0.3, 0.4) is 0 Å². The summed E-state index contributed by atoms with van der Waals surface area (Å²) in [4.78, 5) is 16.9. The van der Waals surface area contributed by atoms with Crippen molar-refractivity contribution < 1.29 is 4.79 Å². The van der Waals surface area contributed by atoms with E-state index >= 15 is 0 Å². The average Bonchev–Trinajstić information content (AvgIpc) is 2.40. The van der Waals surface area contributed by atoms with Gasteiger partial charge in [-0.2, -0.15) is 0 Å². The van der Waals surface area contributed by atoms with Gasteiger partial charge in [-0.05, 0) is 78.3 Å². The van der Waals surface area contributed by atoms with Crippen molar-refractivity contribution in [3.8, 4) is 0 Å². The summed E-state index contributed by atoms with van der Waals surface area (Å²) in [5, 5.41) is 3.14. The summed E-state index contributed by atoms with van der Waals surface area (Å²) < 4.78 is 0.859. The molecule has 4 bridgehead atoms. The van der Waals surface area contributed by atoms with Crippen molar-refractivity contribution >= 4 is 27.5 Å². The molecule has 4 saturated carbocycles. The van der Waals surface area contributed by atoms with Gasteiger partial charge in [0.15, 0.2) is 0 Å². The van der Waals surface area contributed by atoms with Gasteiger partial charge in [-0.15, -0.1) is 0 Å². The van der Waals surface area contributed by atoms with Gasteiger partial charge >= 0.3 is 0 Å². The number of amides is 1. The summed E-state index contributed by atoms with van der Waals surface area (Å²) in [6, 6.07) is 1.86. The Bertz CT molecular complexity index is 522. The molecule has 4 fully saturated rings. The summed E-state index contributed by atoms with van der Waals surface area (Å²) in [6.45, 7) is 0. The van der Waals surface area contributed by atoms with E-state index in [4.69, 9.17) is 0 Å². The Hall–Kier alpha value is -0.900. The summed E-state index contributed by atoms with van der Waals surface area (Å²) >= 11 is 3.46. The SMILES string of the molecule is O=C(Nc1ccncc1Br)C12CC3CC(CC(C3)C1)C2. The average molecular weight is 335 g/mol. The van der Waals surface area contributed by atoms with Gasteiger partial charge in [0.25, 0.3) is 0 Å². The Morgan fingerprint density at radius 3 is 2.35 bits per heavy atom. The molecule has 0 spiro atoms. The zero-order valence-corrected chi connectivity index (χ0v) is 13.0. The lowest BCUT2D eigenvalue weighted by atomic mass is 9.49. The maximum absolute atomic E-state index is 12.9. The van der Waals surface area contributed by atoms with Crippen LogP contribution < -0.4 is 5.32 Å². The molecule has 0 radical (unpaired) electrons. The van der Waals surface area contributed by atoms with Crippen molar-refractivity contribution in [3.05, 3.63) is 22.9 Å². The van der Waals surface area contributed by atoms with E-state index in [-0.39, 0.29) is 11.3 Å². The minimum absolute atomic E-state index is 0.0859. The van der Waals surface area contributed by atoms with Gasteiger partial charge in [0, 0.05) is 12.4 Å². The molecule has 4 aliphatic carbocycles. The first kappa shape index (κ1) is 12.8. The monoisotopic (exact) mass is 334 g/mol. The number of rotatable bonds is 2. The number of anilines is 1. The molecular formula is C16H19BrN2O. The molecule has 1 amide bonds. The summed E-state index contributed by atoms with van der Waals surface area (Å²) in [7, 11) is 0. The number of carbonyl (C=O) groups excluding carboxylic acids is 1. The van der Waals surface area contributed by atoms with Crippen LogP contribution in [0.15, 0.2) is 22.9 Å². The third-order valence-corrected chi connectivity index (χ3v) is 6.17. The van der Waals surface area contributed by atoms with E-state index in [1.165, 1.54) is 19.3 Å². The van der Waals surface area contributed by atoms with Gasteiger partial charge in [0.05, 0.1) is 15.6 Å². The highest BCUT2D eigenvalue weighted by Gasteiger charge is 2.54. The molecule has 3 nitrogen and oxygen atoms in total. The van der Waals surface area contributed by atoms with Gasteiger partial charge < -0.3 is 5.32 Å². The number of pyridine rings is 1. The molecular weight excluding hydrogens is 316 g/mol. The van der Waals surface area contributed by atoms with Gasteiger partial charge in [-0.1, -0.05) is 0 Å². The summed E-state index contributed by atoms with van der Waals surface area (Å²) in [6.07, 6.45) is 10.9. The maximum atomic E-state index is 12.9. The molecule has 106 valence electrons. The van der Waals surface area contributed by atoms with Crippen LogP contribution in [0.5, 0.6) is 0 Å². The Morgan fingerprint density at radius 2 is 1.80 bits per heavy atom. The molecule has 20 heavy (non-hydrogen) atoms. The van der Waals surface area contributed by atoms with Crippen LogP contribution in [0.2, 0.25) is 0 Å². The number of aromatic nitrogens is 1. The van der Waals surface area contributed by atoms with Gasteiger partial charge in [0.2, 0.25) is 5.91 Å². The van der Waals surface area contributed by atoms with Crippen LogP contribution in [-0.4, -0.2) is 10.9 Å². The number of hydrogen-bond donors (Lipinski definition) is 1. The second kappa shape index (κ2) is 4.55. The third kappa shape index (κ3) is 2.00. The molecule has 0 atom stereocenters. The molecule has 0 saturated heterocycles. The zero-order valence-electron chi connectivity index (χ0n) is 11.4. The normalized spacial score (nSPS) is 38.0. The largest absolute Gasteiger partial charge is 0.324 e. The van der Waals surface area contributed by atoms with Crippen molar-refractivity contribution in [3.63, 3.8) is 0 Å². The van der Waals surface area contributed by atoms with Gasteiger partial charge in [0.1, 0.15) is 0 Å². The summed E-state index contributed by atoms with van der Waals surface area (Å²) in [5.41, 5.74) is 0.762. The molecule has 0 aromatic carbocycles. The third-order valence-electron chi connectivity index (χ3n) is 5.54. The molecule has 4 aliphatic rings. The minimum atomic E-state index is -0.0859.